The van der Waals surface area contributed by atoms with Crippen LogP contribution >= 0.6 is 12.4 Å². The van der Waals surface area contributed by atoms with Gasteiger partial charge in [-0.3, -0.25) is 9.59 Å². The number of hydrogen-bond acceptors (Lipinski definition) is 3. The molecule has 5 nitrogen and oxygen atoms in total. The quantitative estimate of drug-likeness (QED) is 0.843. The van der Waals surface area contributed by atoms with Crippen molar-refractivity contribution in [2.75, 3.05) is 18.4 Å². The first kappa shape index (κ1) is 20.4. The van der Waals surface area contributed by atoms with Crippen LogP contribution in [0.2, 0.25) is 0 Å². The summed E-state index contributed by atoms with van der Waals surface area (Å²) in [6, 6.07) is 6.38. The molecule has 0 saturated heterocycles. The Morgan fingerprint density at radius 1 is 1.23 bits per heavy atom. The predicted molar refractivity (Wildman–Crippen MR) is 92.4 cm³/mol. The van der Waals surface area contributed by atoms with E-state index in [4.69, 9.17) is 5.73 Å². The van der Waals surface area contributed by atoms with Crippen LogP contribution in [0.25, 0.3) is 0 Å². The van der Waals surface area contributed by atoms with Crippen molar-refractivity contribution in [3.8, 4) is 0 Å². The number of amides is 2. The number of anilines is 1. The first-order valence-corrected chi connectivity index (χ1v) is 7.36. The molecule has 2 amide bonds. The zero-order valence-corrected chi connectivity index (χ0v) is 14.4. The summed E-state index contributed by atoms with van der Waals surface area (Å²) >= 11 is 0. The van der Waals surface area contributed by atoms with Gasteiger partial charge in [0.1, 0.15) is 0 Å². The fourth-order valence-electron chi connectivity index (χ4n) is 1.95. The topological polar surface area (TPSA) is 75.4 Å². The Morgan fingerprint density at radius 3 is 2.32 bits per heavy atom. The maximum absolute atomic E-state index is 12.3. The van der Waals surface area contributed by atoms with Crippen LogP contribution in [0.3, 0.4) is 0 Å². The van der Waals surface area contributed by atoms with E-state index in [1.165, 1.54) is 0 Å². The lowest BCUT2D eigenvalue weighted by Crippen LogP contribution is -2.39. The van der Waals surface area contributed by atoms with Gasteiger partial charge in [-0.2, -0.15) is 0 Å². The lowest BCUT2D eigenvalue weighted by atomic mass is 10.0. The van der Waals surface area contributed by atoms with Crippen molar-refractivity contribution in [1.29, 1.82) is 0 Å². The molecule has 0 heterocycles. The van der Waals surface area contributed by atoms with Crippen molar-refractivity contribution in [2.24, 2.45) is 11.7 Å². The molecule has 124 valence electrons. The van der Waals surface area contributed by atoms with E-state index < -0.39 is 6.04 Å². The van der Waals surface area contributed by atoms with Gasteiger partial charge < -0.3 is 16.0 Å². The minimum atomic E-state index is -0.563. The number of halogens is 1. The van der Waals surface area contributed by atoms with Crippen LogP contribution in [-0.2, 0) is 4.79 Å². The van der Waals surface area contributed by atoms with Crippen molar-refractivity contribution in [2.45, 2.75) is 33.7 Å². The Morgan fingerprint density at radius 2 is 1.82 bits per heavy atom. The summed E-state index contributed by atoms with van der Waals surface area (Å²) in [5.74, 6) is -0.216. The average Bonchev–Trinajstić information content (AvgIpc) is 2.47. The number of carbonyl (C=O) groups is 2. The molecule has 0 unspecified atom stereocenters. The molecule has 0 aromatic heterocycles. The van der Waals surface area contributed by atoms with E-state index in [9.17, 15) is 9.59 Å². The number of nitrogens with two attached hydrogens (primary N) is 1. The molecule has 1 aromatic rings. The molecule has 0 aliphatic rings. The van der Waals surface area contributed by atoms with Gasteiger partial charge >= 0.3 is 0 Å². The molecule has 0 radical (unpaired) electrons. The second-order valence-electron chi connectivity index (χ2n) is 5.32. The fraction of sp³-hybridized carbons (Fsp3) is 0.500. The van der Waals surface area contributed by atoms with Gasteiger partial charge in [-0.1, -0.05) is 19.9 Å². The third kappa shape index (κ3) is 5.31. The number of nitrogens with zero attached hydrogens (tertiary/aromatic N) is 1. The average molecular weight is 328 g/mol. The van der Waals surface area contributed by atoms with E-state index in [1.807, 2.05) is 27.7 Å². The summed E-state index contributed by atoms with van der Waals surface area (Å²) in [5.41, 5.74) is 6.97. The summed E-state index contributed by atoms with van der Waals surface area (Å²) in [5, 5.41) is 2.76. The molecule has 0 bridgehead atoms. The summed E-state index contributed by atoms with van der Waals surface area (Å²) in [6.07, 6.45) is 0. The molecular formula is C16H26ClN3O2. The van der Waals surface area contributed by atoms with Crippen LogP contribution in [0.5, 0.6) is 0 Å². The van der Waals surface area contributed by atoms with Crippen LogP contribution in [0, 0.1) is 5.92 Å². The molecule has 0 fully saturated rings. The first-order valence-electron chi connectivity index (χ1n) is 7.36. The first-order chi connectivity index (χ1) is 9.90. The number of carbonyl (C=O) groups excluding carboxylic acids is 2. The molecule has 3 N–H and O–H groups in total. The van der Waals surface area contributed by atoms with Crippen LogP contribution in [0.1, 0.15) is 38.1 Å². The van der Waals surface area contributed by atoms with E-state index in [1.54, 1.807) is 29.2 Å². The van der Waals surface area contributed by atoms with Crippen LogP contribution < -0.4 is 11.1 Å². The highest BCUT2D eigenvalue weighted by Gasteiger charge is 2.18. The number of benzene rings is 1. The number of hydrogen-bond donors (Lipinski definition) is 2. The van der Waals surface area contributed by atoms with Crippen molar-refractivity contribution in [1.82, 2.24) is 4.90 Å². The monoisotopic (exact) mass is 327 g/mol. The smallest absolute Gasteiger partial charge is 0.253 e. The lowest BCUT2D eigenvalue weighted by Gasteiger charge is -2.19. The Labute approximate surface area is 138 Å². The third-order valence-corrected chi connectivity index (χ3v) is 3.45. The van der Waals surface area contributed by atoms with Crippen molar-refractivity contribution >= 4 is 29.9 Å². The Hall–Kier alpha value is -1.59. The number of nitrogens with one attached hydrogen (secondary N) is 1. The van der Waals surface area contributed by atoms with Gasteiger partial charge in [0, 0.05) is 24.3 Å². The maximum Gasteiger partial charge on any atom is 0.253 e. The SMILES string of the molecule is CCN(CC)C(=O)c1cccc(NC(=O)[C@H](N)C(C)C)c1.Cl. The second-order valence-corrected chi connectivity index (χ2v) is 5.32. The Bertz CT molecular complexity index is 502. The van der Waals surface area contributed by atoms with Crippen molar-refractivity contribution in [3.05, 3.63) is 29.8 Å². The fourth-order valence-corrected chi connectivity index (χ4v) is 1.95. The van der Waals surface area contributed by atoms with Crippen molar-refractivity contribution in [3.63, 3.8) is 0 Å². The molecule has 1 aromatic carbocycles. The predicted octanol–water partition coefficient (Wildman–Crippen LogP) is 2.51. The molecule has 0 spiro atoms. The summed E-state index contributed by atoms with van der Waals surface area (Å²) in [6.45, 7) is 8.98. The zero-order valence-electron chi connectivity index (χ0n) is 13.6. The molecule has 1 rings (SSSR count). The highest BCUT2D eigenvalue weighted by Crippen LogP contribution is 2.14. The maximum atomic E-state index is 12.3. The largest absolute Gasteiger partial charge is 0.339 e. The summed E-state index contributed by atoms with van der Waals surface area (Å²) < 4.78 is 0. The van der Waals surface area contributed by atoms with Gasteiger partial charge in [0.15, 0.2) is 0 Å². The normalized spacial score (nSPS) is 11.5. The highest BCUT2D eigenvalue weighted by molar-refractivity contribution is 5.98. The van der Waals surface area contributed by atoms with E-state index in [2.05, 4.69) is 5.32 Å². The lowest BCUT2D eigenvalue weighted by molar-refractivity contribution is -0.118. The summed E-state index contributed by atoms with van der Waals surface area (Å²) in [4.78, 5) is 26.0. The minimum Gasteiger partial charge on any atom is -0.339 e. The molecule has 0 saturated carbocycles. The molecule has 1 atom stereocenters. The van der Waals surface area contributed by atoms with Gasteiger partial charge in [0.25, 0.3) is 5.91 Å². The minimum absolute atomic E-state index is 0. The Balaban J connectivity index is 0.00000441. The van der Waals surface area contributed by atoms with E-state index in [0.29, 0.717) is 24.3 Å². The molecule has 0 aliphatic heterocycles. The third-order valence-electron chi connectivity index (χ3n) is 3.45. The van der Waals surface area contributed by atoms with E-state index in [0.717, 1.165) is 0 Å². The molecule has 6 heteroatoms. The van der Waals surface area contributed by atoms with Gasteiger partial charge in [-0.25, -0.2) is 0 Å². The number of rotatable bonds is 6. The van der Waals surface area contributed by atoms with E-state index >= 15 is 0 Å². The van der Waals surface area contributed by atoms with E-state index in [-0.39, 0.29) is 30.1 Å². The summed E-state index contributed by atoms with van der Waals surface area (Å²) in [7, 11) is 0. The Kier molecular flexibility index (Phi) is 8.75. The molecular weight excluding hydrogens is 302 g/mol. The van der Waals surface area contributed by atoms with Crippen molar-refractivity contribution < 1.29 is 9.59 Å². The van der Waals surface area contributed by atoms with Gasteiger partial charge in [-0.15, -0.1) is 12.4 Å². The highest BCUT2D eigenvalue weighted by atomic mass is 35.5. The van der Waals surface area contributed by atoms with Gasteiger partial charge in [-0.05, 0) is 38.0 Å². The standard InChI is InChI=1S/C16H25N3O2.ClH/c1-5-19(6-2)16(21)12-8-7-9-13(10-12)18-15(20)14(17)11(3)4;/h7-11,14H,5-6,17H2,1-4H3,(H,18,20);1H/t14-;/m1./s1. The zero-order chi connectivity index (χ0) is 16.0. The van der Waals surface area contributed by atoms with Crippen LogP contribution in [0.15, 0.2) is 24.3 Å². The molecule has 0 aliphatic carbocycles. The van der Waals surface area contributed by atoms with Gasteiger partial charge in [0.2, 0.25) is 5.91 Å². The van der Waals surface area contributed by atoms with Crippen LogP contribution in [0.4, 0.5) is 5.69 Å². The van der Waals surface area contributed by atoms with Crippen LogP contribution in [-0.4, -0.2) is 35.8 Å². The van der Waals surface area contributed by atoms with Gasteiger partial charge in [0.05, 0.1) is 6.04 Å². The second kappa shape index (κ2) is 9.43. The molecule has 22 heavy (non-hydrogen) atoms.